The highest BCUT2D eigenvalue weighted by Crippen LogP contribution is 2.11. The van der Waals surface area contributed by atoms with Crippen LogP contribution in [-0.2, 0) is 26.0 Å². The van der Waals surface area contributed by atoms with E-state index in [1.807, 2.05) is 13.8 Å². The lowest BCUT2D eigenvalue weighted by Crippen LogP contribution is -2.43. The van der Waals surface area contributed by atoms with Crippen LogP contribution in [0.3, 0.4) is 0 Å². The van der Waals surface area contributed by atoms with Gasteiger partial charge >= 0.3 is 11.8 Å². The van der Waals surface area contributed by atoms with Gasteiger partial charge in [0.1, 0.15) is 0 Å². The summed E-state index contributed by atoms with van der Waals surface area (Å²) in [5.74, 6) is -1.31. The van der Waals surface area contributed by atoms with Crippen LogP contribution < -0.4 is 15.4 Å². The van der Waals surface area contributed by atoms with E-state index >= 15 is 0 Å². The number of sulfonamides is 1. The van der Waals surface area contributed by atoms with E-state index < -0.39 is 21.8 Å². The summed E-state index contributed by atoms with van der Waals surface area (Å²) in [7, 11) is -3.51. The molecule has 0 aliphatic rings. The summed E-state index contributed by atoms with van der Waals surface area (Å²) < 4.78 is 26.6. The van der Waals surface area contributed by atoms with E-state index in [1.54, 1.807) is 26.0 Å². The zero-order valence-electron chi connectivity index (χ0n) is 15.1. The Morgan fingerprint density at radius 3 is 2.16 bits per heavy atom. The molecular formula is C17H27N3O4S. The van der Waals surface area contributed by atoms with Crippen molar-refractivity contribution < 1.29 is 18.0 Å². The van der Waals surface area contributed by atoms with Crippen molar-refractivity contribution in [1.29, 1.82) is 0 Å². The van der Waals surface area contributed by atoms with Crippen molar-refractivity contribution in [1.82, 2.24) is 15.4 Å². The molecule has 1 aromatic rings. The zero-order chi connectivity index (χ0) is 19.0. The summed E-state index contributed by atoms with van der Waals surface area (Å²) in [6.45, 7) is 7.56. The molecule has 0 saturated carbocycles. The first kappa shape index (κ1) is 21.1. The average molecular weight is 369 g/mol. The number of carbonyl (C=O) groups is 2. The summed E-state index contributed by atoms with van der Waals surface area (Å²) in [5, 5.41) is 5.14. The van der Waals surface area contributed by atoms with Crippen molar-refractivity contribution in [3.8, 4) is 0 Å². The number of hydrogen-bond donors (Lipinski definition) is 3. The van der Waals surface area contributed by atoms with Gasteiger partial charge in [0.05, 0.1) is 4.90 Å². The fourth-order valence-electron chi connectivity index (χ4n) is 2.01. The SMILES string of the molecule is CCC(C)NC(=O)C(=O)NCCc1ccc(S(=O)(=O)NC(C)C)cc1. The smallest absolute Gasteiger partial charge is 0.309 e. The van der Waals surface area contributed by atoms with Crippen LogP contribution in [0.25, 0.3) is 0 Å². The molecule has 0 aliphatic carbocycles. The minimum Gasteiger partial charge on any atom is -0.348 e. The van der Waals surface area contributed by atoms with Gasteiger partial charge in [-0.05, 0) is 51.3 Å². The van der Waals surface area contributed by atoms with E-state index in [0.29, 0.717) is 13.0 Å². The maximum absolute atomic E-state index is 12.0. The number of rotatable bonds is 8. The lowest BCUT2D eigenvalue weighted by molar-refractivity contribution is -0.139. The second-order valence-electron chi connectivity index (χ2n) is 6.21. The van der Waals surface area contributed by atoms with Gasteiger partial charge < -0.3 is 10.6 Å². The summed E-state index contributed by atoms with van der Waals surface area (Å²) in [4.78, 5) is 23.5. The number of amides is 2. The lowest BCUT2D eigenvalue weighted by Gasteiger charge is -2.11. The second kappa shape index (κ2) is 9.53. The first-order valence-corrected chi connectivity index (χ1v) is 9.84. The Kier molecular flexibility index (Phi) is 8.05. The predicted octanol–water partition coefficient (Wildman–Crippen LogP) is 0.947. The predicted molar refractivity (Wildman–Crippen MR) is 96.5 cm³/mol. The molecule has 8 heteroatoms. The van der Waals surface area contributed by atoms with Gasteiger partial charge in [0.25, 0.3) is 0 Å². The highest BCUT2D eigenvalue weighted by molar-refractivity contribution is 7.89. The molecular weight excluding hydrogens is 342 g/mol. The maximum atomic E-state index is 12.0. The van der Waals surface area contributed by atoms with Crippen LogP contribution in [0.5, 0.6) is 0 Å². The molecule has 0 fully saturated rings. The van der Waals surface area contributed by atoms with Gasteiger partial charge in [-0.3, -0.25) is 9.59 Å². The van der Waals surface area contributed by atoms with Crippen molar-refractivity contribution in [3.63, 3.8) is 0 Å². The zero-order valence-corrected chi connectivity index (χ0v) is 15.9. The van der Waals surface area contributed by atoms with E-state index in [2.05, 4.69) is 15.4 Å². The minimum atomic E-state index is -3.51. The molecule has 0 aromatic heterocycles. The Morgan fingerprint density at radius 2 is 1.64 bits per heavy atom. The van der Waals surface area contributed by atoms with Gasteiger partial charge in [-0.25, -0.2) is 13.1 Å². The van der Waals surface area contributed by atoms with Crippen LogP contribution in [0.4, 0.5) is 0 Å². The van der Waals surface area contributed by atoms with Crippen LogP contribution in [0.2, 0.25) is 0 Å². The molecule has 25 heavy (non-hydrogen) atoms. The molecule has 0 bridgehead atoms. The van der Waals surface area contributed by atoms with Crippen LogP contribution in [-0.4, -0.2) is 38.9 Å². The van der Waals surface area contributed by atoms with Gasteiger partial charge in [-0.15, -0.1) is 0 Å². The van der Waals surface area contributed by atoms with Crippen molar-refractivity contribution in [3.05, 3.63) is 29.8 Å². The first-order valence-electron chi connectivity index (χ1n) is 8.35. The second-order valence-corrected chi connectivity index (χ2v) is 7.92. The van der Waals surface area contributed by atoms with E-state index in [-0.39, 0.29) is 17.0 Å². The van der Waals surface area contributed by atoms with Crippen LogP contribution in [0.15, 0.2) is 29.2 Å². The largest absolute Gasteiger partial charge is 0.348 e. The average Bonchev–Trinajstić information content (AvgIpc) is 2.53. The molecule has 3 N–H and O–H groups in total. The van der Waals surface area contributed by atoms with Crippen molar-refractivity contribution >= 4 is 21.8 Å². The summed E-state index contributed by atoms with van der Waals surface area (Å²) >= 11 is 0. The van der Waals surface area contributed by atoms with Crippen molar-refractivity contribution in [2.24, 2.45) is 0 Å². The Bertz CT molecular complexity index is 684. The van der Waals surface area contributed by atoms with E-state index in [4.69, 9.17) is 0 Å². The third-order valence-corrected chi connectivity index (χ3v) is 5.19. The molecule has 0 aliphatic heterocycles. The Labute approximate surface area is 149 Å². The Morgan fingerprint density at radius 1 is 1.04 bits per heavy atom. The van der Waals surface area contributed by atoms with Crippen LogP contribution in [0.1, 0.15) is 39.7 Å². The Balaban J connectivity index is 2.51. The third-order valence-electron chi connectivity index (χ3n) is 3.52. The molecule has 0 radical (unpaired) electrons. The minimum absolute atomic E-state index is 0.0489. The van der Waals surface area contributed by atoms with Gasteiger partial charge in [0.2, 0.25) is 10.0 Å². The summed E-state index contributed by atoms with van der Waals surface area (Å²) in [5.41, 5.74) is 0.867. The number of benzene rings is 1. The van der Waals surface area contributed by atoms with Gasteiger partial charge in [-0.1, -0.05) is 19.1 Å². The molecule has 7 nitrogen and oxygen atoms in total. The third kappa shape index (κ3) is 7.23. The van der Waals surface area contributed by atoms with Crippen LogP contribution in [0, 0.1) is 0 Å². The van der Waals surface area contributed by atoms with Crippen molar-refractivity contribution in [2.45, 2.75) is 57.5 Å². The quantitative estimate of drug-likeness (QED) is 0.593. The molecule has 1 aromatic carbocycles. The van der Waals surface area contributed by atoms with E-state index in [0.717, 1.165) is 12.0 Å². The van der Waals surface area contributed by atoms with E-state index in [9.17, 15) is 18.0 Å². The first-order chi connectivity index (χ1) is 11.7. The summed E-state index contributed by atoms with van der Waals surface area (Å²) in [6, 6.07) is 6.21. The number of carbonyl (C=O) groups excluding carboxylic acids is 2. The molecule has 1 atom stereocenters. The molecule has 0 spiro atoms. The molecule has 0 heterocycles. The fourth-order valence-corrected chi connectivity index (χ4v) is 3.26. The van der Waals surface area contributed by atoms with Gasteiger partial charge in [0.15, 0.2) is 0 Å². The number of hydrogen-bond acceptors (Lipinski definition) is 4. The standard InChI is InChI=1S/C17H27N3O4S/c1-5-13(4)19-17(22)16(21)18-11-10-14-6-8-15(9-7-14)25(23,24)20-12(2)3/h6-9,12-13,20H,5,10-11H2,1-4H3,(H,18,21)(H,19,22). The Hall–Kier alpha value is -1.93. The molecule has 140 valence electrons. The molecule has 1 rings (SSSR count). The molecule has 2 amide bonds. The van der Waals surface area contributed by atoms with Gasteiger partial charge in [-0.2, -0.15) is 0 Å². The summed E-state index contributed by atoms with van der Waals surface area (Å²) in [6.07, 6.45) is 1.25. The highest BCUT2D eigenvalue weighted by atomic mass is 32.2. The maximum Gasteiger partial charge on any atom is 0.309 e. The fraction of sp³-hybridized carbons (Fsp3) is 0.529. The molecule has 1 unspecified atom stereocenters. The van der Waals surface area contributed by atoms with Crippen molar-refractivity contribution in [2.75, 3.05) is 6.54 Å². The topological polar surface area (TPSA) is 104 Å². The normalized spacial score (nSPS) is 12.7. The lowest BCUT2D eigenvalue weighted by atomic mass is 10.1. The van der Waals surface area contributed by atoms with Crippen LogP contribution >= 0.6 is 0 Å². The highest BCUT2D eigenvalue weighted by Gasteiger charge is 2.16. The van der Waals surface area contributed by atoms with Gasteiger partial charge in [0, 0.05) is 18.6 Å². The monoisotopic (exact) mass is 369 g/mol. The number of nitrogens with one attached hydrogen (secondary N) is 3. The molecule has 0 saturated heterocycles. The van der Waals surface area contributed by atoms with E-state index in [1.165, 1.54) is 12.1 Å².